The van der Waals surface area contributed by atoms with Gasteiger partial charge in [-0.25, -0.2) is 0 Å². The van der Waals surface area contributed by atoms with Gasteiger partial charge in [0.2, 0.25) is 11.8 Å². The molecule has 1 aliphatic heterocycles. The number of halogens is 1. The highest BCUT2D eigenvalue weighted by molar-refractivity contribution is 7.21. The van der Waals surface area contributed by atoms with Crippen LogP contribution in [-0.2, 0) is 4.79 Å². The molecule has 150 valence electrons. The van der Waals surface area contributed by atoms with Gasteiger partial charge in [-0.3, -0.25) is 14.9 Å². The van der Waals surface area contributed by atoms with Gasteiger partial charge in [0.1, 0.15) is 4.88 Å². The van der Waals surface area contributed by atoms with Crippen LogP contribution in [0.15, 0.2) is 59.0 Å². The number of rotatable bonds is 4. The molecular formula is C21H15ClN4O3S. The summed E-state index contributed by atoms with van der Waals surface area (Å²) in [6.45, 7) is 0.445. The average Bonchev–Trinajstić information content (AvgIpc) is 3.46. The highest BCUT2D eigenvalue weighted by Crippen LogP contribution is 2.36. The Hall–Kier alpha value is -3.23. The van der Waals surface area contributed by atoms with E-state index >= 15 is 0 Å². The molecule has 0 radical (unpaired) electrons. The van der Waals surface area contributed by atoms with Crippen molar-refractivity contribution < 1.29 is 14.0 Å². The Morgan fingerprint density at radius 2 is 1.90 bits per heavy atom. The summed E-state index contributed by atoms with van der Waals surface area (Å²) < 4.78 is 6.56. The van der Waals surface area contributed by atoms with Crippen molar-refractivity contribution in [1.29, 1.82) is 0 Å². The van der Waals surface area contributed by atoms with E-state index in [0.29, 0.717) is 22.3 Å². The maximum Gasteiger partial charge on any atom is 0.322 e. The van der Waals surface area contributed by atoms with E-state index in [1.807, 2.05) is 54.6 Å². The van der Waals surface area contributed by atoms with E-state index in [-0.39, 0.29) is 24.3 Å². The van der Waals surface area contributed by atoms with Gasteiger partial charge < -0.3 is 9.32 Å². The summed E-state index contributed by atoms with van der Waals surface area (Å²) in [4.78, 5) is 27.1. The first-order chi connectivity index (χ1) is 14.6. The first kappa shape index (κ1) is 18.8. The third-order valence-electron chi connectivity index (χ3n) is 4.94. The van der Waals surface area contributed by atoms with Gasteiger partial charge in [-0.15, -0.1) is 16.4 Å². The first-order valence-electron chi connectivity index (χ1n) is 9.27. The van der Waals surface area contributed by atoms with E-state index in [4.69, 9.17) is 16.0 Å². The van der Waals surface area contributed by atoms with Gasteiger partial charge in [-0.2, -0.15) is 0 Å². The van der Waals surface area contributed by atoms with Crippen molar-refractivity contribution in [3.63, 3.8) is 0 Å². The van der Waals surface area contributed by atoms with Crippen LogP contribution >= 0.6 is 22.9 Å². The number of fused-ring (bicyclic) bond motifs is 1. The molecule has 2 aromatic carbocycles. The Morgan fingerprint density at radius 3 is 2.70 bits per heavy atom. The van der Waals surface area contributed by atoms with Crippen molar-refractivity contribution in [2.75, 3.05) is 16.8 Å². The fraction of sp³-hybridized carbons (Fsp3) is 0.143. The number of amides is 2. The predicted molar refractivity (Wildman–Crippen MR) is 115 cm³/mol. The van der Waals surface area contributed by atoms with Crippen molar-refractivity contribution in [1.82, 2.24) is 10.2 Å². The second kappa shape index (κ2) is 7.55. The van der Waals surface area contributed by atoms with Gasteiger partial charge in [0.15, 0.2) is 0 Å². The fourth-order valence-corrected chi connectivity index (χ4v) is 4.91. The molecular weight excluding hydrogens is 424 g/mol. The molecule has 9 heteroatoms. The van der Waals surface area contributed by atoms with Crippen LogP contribution in [0.3, 0.4) is 0 Å². The quantitative estimate of drug-likeness (QED) is 0.498. The summed E-state index contributed by atoms with van der Waals surface area (Å²) in [5.41, 5.74) is 0.831. The summed E-state index contributed by atoms with van der Waals surface area (Å²) in [6, 6.07) is 16.9. The summed E-state index contributed by atoms with van der Waals surface area (Å²) in [5.74, 6) is -0.333. The van der Waals surface area contributed by atoms with Crippen molar-refractivity contribution in [3.8, 4) is 0 Å². The molecule has 3 heterocycles. The third kappa shape index (κ3) is 3.34. The van der Waals surface area contributed by atoms with E-state index in [1.165, 1.54) is 11.3 Å². The number of benzene rings is 2. The zero-order valence-corrected chi connectivity index (χ0v) is 17.1. The van der Waals surface area contributed by atoms with Crippen molar-refractivity contribution in [3.05, 3.63) is 70.4 Å². The second-order valence-electron chi connectivity index (χ2n) is 6.88. The topological polar surface area (TPSA) is 88.3 Å². The molecule has 0 saturated carbocycles. The Balaban J connectivity index is 1.32. The van der Waals surface area contributed by atoms with E-state index in [0.717, 1.165) is 15.8 Å². The van der Waals surface area contributed by atoms with E-state index in [9.17, 15) is 9.59 Å². The van der Waals surface area contributed by atoms with Gasteiger partial charge in [0, 0.05) is 28.7 Å². The van der Waals surface area contributed by atoms with Crippen LogP contribution < -0.4 is 10.2 Å². The van der Waals surface area contributed by atoms with Gasteiger partial charge >= 0.3 is 6.01 Å². The number of para-hydroxylation sites is 1. The number of aromatic nitrogens is 2. The highest BCUT2D eigenvalue weighted by Gasteiger charge is 2.35. The fourth-order valence-electron chi connectivity index (χ4n) is 3.49. The zero-order valence-electron chi connectivity index (χ0n) is 15.5. The molecule has 7 nitrogen and oxygen atoms in total. The molecule has 5 rings (SSSR count). The lowest BCUT2D eigenvalue weighted by atomic mass is 10.1. The van der Waals surface area contributed by atoms with Crippen LogP contribution in [0.25, 0.3) is 10.1 Å². The number of nitrogens with one attached hydrogen (secondary N) is 1. The Kier molecular flexibility index (Phi) is 4.72. The first-order valence-corrected chi connectivity index (χ1v) is 10.5. The Morgan fingerprint density at radius 1 is 1.13 bits per heavy atom. The molecule has 0 aliphatic carbocycles. The molecule has 4 aromatic rings. The maximum atomic E-state index is 12.6. The predicted octanol–water partition coefficient (Wildman–Crippen LogP) is 4.71. The maximum absolute atomic E-state index is 12.6. The van der Waals surface area contributed by atoms with Crippen LogP contribution in [-0.4, -0.2) is 28.6 Å². The summed E-state index contributed by atoms with van der Waals surface area (Å²) in [7, 11) is 0. The van der Waals surface area contributed by atoms with Crippen molar-refractivity contribution >= 4 is 56.5 Å². The van der Waals surface area contributed by atoms with Gasteiger partial charge in [-0.1, -0.05) is 53.1 Å². The molecule has 0 spiro atoms. The number of carbonyl (C=O) groups excluding carboxylic acids is 2. The molecule has 30 heavy (non-hydrogen) atoms. The van der Waals surface area contributed by atoms with Crippen LogP contribution in [0.1, 0.15) is 27.9 Å². The smallest absolute Gasteiger partial charge is 0.322 e. The molecule has 1 N–H and O–H groups in total. The summed E-state index contributed by atoms with van der Waals surface area (Å²) in [5, 5.41) is 11.8. The normalized spacial score (nSPS) is 16.4. The summed E-state index contributed by atoms with van der Waals surface area (Å²) >= 11 is 7.65. The van der Waals surface area contributed by atoms with E-state index < -0.39 is 5.91 Å². The van der Waals surface area contributed by atoms with E-state index in [2.05, 4.69) is 15.5 Å². The average molecular weight is 439 g/mol. The lowest BCUT2D eigenvalue weighted by Gasteiger charge is -2.15. The highest BCUT2D eigenvalue weighted by atomic mass is 35.5. The largest absolute Gasteiger partial charge is 0.407 e. The molecule has 0 bridgehead atoms. The van der Waals surface area contributed by atoms with Crippen LogP contribution in [0.4, 0.5) is 11.7 Å². The number of carbonyl (C=O) groups is 2. The lowest BCUT2D eigenvalue weighted by molar-refractivity contribution is -0.117. The molecule has 1 fully saturated rings. The van der Waals surface area contributed by atoms with Crippen LogP contribution in [0.5, 0.6) is 0 Å². The standard InChI is InChI=1S/C21H15ClN4O3S/c22-17-14-8-4-5-9-15(14)30-18(17)19(28)23-21-25-24-20(29-21)12-10-16(27)26(11-12)13-6-2-1-3-7-13/h1-9,12H,10-11H2,(H,23,25,28)/t12-/m0/s1. The molecule has 2 amide bonds. The Labute approximate surface area is 180 Å². The van der Waals surface area contributed by atoms with Crippen LogP contribution in [0.2, 0.25) is 5.02 Å². The molecule has 1 saturated heterocycles. The van der Waals surface area contributed by atoms with Crippen molar-refractivity contribution in [2.45, 2.75) is 12.3 Å². The number of nitrogens with zero attached hydrogens (tertiary/aromatic N) is 3. The minimum Gasteiger partial charge on any atom is -0.407 e. The SMILES string of the molecule is O=C(Nc1nnc([C@H]2CC(=O)N(c3ccccc3)C2)o1)c1sc2ccccc2c1Cl. The van der Waals surface area contributed by atoms with Gasteiger partial charge in [0.25, 0.3) is 5.91 Å². The third-order valence-corrected chi connectivity index (χ3v) is 6.62. The monoisotopic (exact) mass is 438 g/mol. The summed E-state index contributed by atoms with van der Waals surface area (Å²) in [6.07, 6.45) is 0.270. The zero-order chi connectivity index (χ0) is 20.7. The van der Waals surface area contributed by atoms with Gasteiger partial charge in [0.05, 0.1) is 10.9 Å². The number of anilines is 2. The van der Waals surface area contributed by atoms with Gasteiger partial charge in [-0.05, 0) is 18.2 Å². The Bertz CT molecular complexity index is 1250. The molecule has 1 aliphatic rings. The number of hydrogen-bond acceptors (Lipinski definition) is 6. The number of thiophene rings is 1. The molecule has 2 aromatic heterocycles. The van der Waals surface area contributed by atoms with Crippen LogP contribution in [0, 0.1) is 0 Å². The number of hydrogen-bond donors (Lipinski definition) is 1. The second-order valence-corrected chi connectivity index (χ2v) is 8.31. The minimum absolute atomic E-state index is 0.00737. The minimum atomic E-state index is -0.412. The molecule has 0 unspecified atom stereocenters. The lowest BCUT2D eigenvalue weighted by Crippen LogP contribution is -2.24. The van der Waals surface area contributed by atoms with E-state index in [1.54, 1.807) is 4.90 Å². The molecule has 1 atom stereocenters. The van der Waals surface area contributed by atoms with Crippen molar-refractivity contribution in [2.24, 2.45) is 0 Å².